The second kappa shape index (κ2) is 10.1. The molecule has 2 aromatic rings. The van der Waals surface area contributed by atoms with Crippen LogP contribution in [0.4, 0.5) is 10.1 Å². The summed E-state index contributed by atoms with van der Waals surface area (Å²) < 4.78 is 18.3. The average Bonchev–Trinajstić information content (AvgIpc) is 2.53. The van der Waals surface area contributed by atoms with E-state index in [4.69, 9.17) is 9.84 Å². The summed E-state index contributed by atoms with van der Waals surface area (Å²) in [6, 6.07) is 6.74. The number of pyridine rings is 1. The molecule has 2 N–H and O–H groups in total. The van der Waals surface area contributed by atoms with Gasteiger partial charge in [0, 0.05) is 12.3 Å². The molecule has 2 rings (SSSR count). The van der Waals surface area contributed by atoms with E-state index >= 15 is 0 Å². The second-order valence-electron chi connectivity index (χ2n) is 4.33. The summed E-state index contributed by atoms with van der Waals surface area (Å²) in [4.78, 5) is 26.9. The standard InChI is InChI=1S/C15H13FN2O4S.K.H/c1-22-12-5-4-9(16)7-11(12)18-8-13(19)23-14-10(15(20)21)3-2-6-17-14;;/h2-7,18H,8H2,1H3,(H,20,21);;/q;+1;-1. The Balaban J connectivity index is 0.00000288. The van der Waals surface area contributed by atoms with Crippen LogP contribution in [0.3, 0.4) is 0 Å². The molecule has 6 nitrogen and oxygen atoms in total. The molecule has 122 valence electrons. The Bertz CT molecular complexity index is 751. The molecular formula is C15H14FKN2O4S. The van der Waals surface area contributed by atoms with Crippen molar-refractivity contribution in [3.63, 3.8) is 0 Å². The number of nitrogens with one attached hydrogen (secondary N) is 1. The van der Waals surface area contributed by atoms with Crippen molar-refractivity contribution in [2.24, 2.45) is 0 Å². The maximum atomic E-state index is 13.2. The zero-order valence-corrected chi connectivity index (χ0v) is 17.0. The first-order valence-electron chi connectivity index (χ1n) is 6.47. The van der Waals surface area contributed by atoms with Crippen molar-refractivity contribution >= 4 is 28.5 Å². The first-order chi connectivity index (χ1) is 11.0. The zero-order valence-electron chi connectivity index (χ0n) is 14.1. The summed E-state index contributed by atoms with van der Waals surface area (Å²) >= 11 is 0.708. The first kappa shape index (κ1) is 21.1. The molecule has 1 heterocycles. The number of benzene rings is 1. The van der Waals surface area contributed by atoms with Crippen molar-refractivity contribution in [1.82, 2.24) is 4.98 Å². The molecule has 0 bridgehead atoms. The molecule has 0 aliphatic heterocycles. The fourth-order valence-electron chi connectivity index (χ4n) is 1.76. The van der Waals surface area contributed by atoms with Crippen molar-refractivity contribution in [3.05, 3.63) is 47.9 Å². The first-order valence-corrected chi connectivity index (χ1v) is 7.29. The number of carboxylic acid groups (broad SMARTS) is 1. The Hall–Kier alpha value is -0.974. The molecular weight excluding hydrogens is 362 g/mol. The van der Waals surface area contributed by atoms with Gasteiger partial charge in [0.2, 0.25) is 5.12 Å². The minimum Gasteiger partial charge on any atom is -1.00 e. The van der Waals surface area contributed by atoms with Gasteiger partial charge in [0.25, 0.3) is 0 Å². The largest absolute Gasteiger partial charge is 1.00 e. The Morgan fingerprint density at radius 1 is 1.42 bits per heavy atom. The van der Waals surface area contributed by atoms with Gasteiger partial charge in [-0.15, -0.1) is 0 Å². The van der Waals surface area contributed by atoms with Crippen molar-refractivity contribution in [2.75, 3.05) is 19.0 Å². The number of carboxylic acids is 1. The third kappa shape index (κ3) is 5.83. The number of carbonyl (C=O) groups is 2. The minimum absolute atomic E-state index is 0. The van der Waals surface area contributed by atoms with E-state index in [1.165, 1.54) is 43.6 Å². The fourth-order valence-corrected chi connectivity index (χ4v) is 2.50. The summed E-state index contributed by atoms with van der Waals surface area (Å²) in [5, 5.41) is 11.6. The molecule has 1 aromatic heterocycles. The van der Waals surface area contributed by atoms with Crippen LogP contribution in [0.1, 0.15) is 11.8 Å². The van der Waals surface area contributed by atoms with Gasteiger partial charge in [0.05, 0.1) is 24.9 Å². The number of methoxy groups -OCH3 is 1. The van der Waals surface area contributed by atoms with Gasteiger partial charge in [-0.3, -0.25) is 4.79 Å². The number of ether oxygens (including phenoxy) is 1. The van der Waals surface area contributed by atoms with Crippen molar-refractivity contribution in [2.45, 2.75) is 5.03 Å². The third-order valence-corrected chi connectivity index (χ3v) is 3.69. The Labute approximate surface area is 186 Å². The predicted octanol–water partition coefficient (Wildman–Crippen LogP) is -0.225. The number of carbonyl (C=O) groups excluding carboxylic acids is 1. The molecule has 0 aliphatic carbocycles. The Morgan fingerprint density at radius 3 is 2.83 bits per heavy atom. The summed E-state index contributed by atoms with van der Waals surface area (Å²) in [5.74, 6) is -1.23. The number of anilines is 1. The maximum Gasteiger partial charge on any atom is 1.00 e. The van der Waals surface area contributed by atoms with Crippen molar-refractivity contribution in [1.29, 1.82) is 0 Å². The SMILES string of the molecule is COc1ccc(F)cc1NCC(=O)Sc1ncccc1C(=O)O.[H-].[K+]. The van der Waals surface area contributed by atoms with Crippen molar-refractivity contribution < 1.29 is 76.6 Å². The number of thioether (sulfide) groups is 1. The van der Waals surface area contributed by atoms with Crippen LogP contribution < -0.4 is 61.4 Å². The average molecular weight is 376 g/mol. The molecule has 0 radical (unpaired) electrons. The van der Waals surface area contributed by atoms with Crippen molar-refractivity contribution in [3.8, 4) is 5.75 Å². The van der Waals surface area contributed by atoms with E-state index in [0.717, 1.165) is 0 Å². The molecule has 0 fully saturated rings. The van der Waals surface area contributed by atoms with Crippen LogP contribution in [0.2, 0.25) is 0 Å². The predicted molar refractivity (Wildman–Crippen MR) is 84.6 cm³/mol. The normalized spacial score (nSPS) is 9.75. The summed E-state index contributed by atoms with van der Waals surface area (Å²) in [6.07, 6.45) is 1.41. The molecule has 1 aromatic carbocycles. The van der Waals surface area contributed by atoms with Gasteiger partial charge >= 0.3 is 57.4 Å². The summed E-state index contributed by atoms with van der Waals surface area (Å²) in [5.41, 5.74) is 0.287. The van der Waals surface area contributed by atoms with E-state index in [-0.39, 0.29) is 75.1 Å². The van der Waals surface area contributed by atoms with Crippen LogP contribution in [0, 0.1) is 5.82 Å². The van der Waals surface area contributed by atoms with E-state index in [1.807, 2.05) is 0 Å². The zero-order chi connectivity index (χ0) is 16.8. The van der Waals surface area contributed by atoms with Crippen LogP contribution >= 0.6 is 11.8 Å². The van der Waals surface area contributed by atoms with Crippen LogP contribution in [-0.2, 0) is 4.79 Å². The van der Waals surface area contributed by atoms with E-state index < -0.39 is 11.8 Å². The molecule has 0 atom stereocenters. The summed E-state index contributed by atoms with van der Waals surface area (Å²) in [7, 11) is 1.43. The van der Waals surface area contributed by atoms with Gasteiger partial charge in [-0.1, -0.05) is 0 Å². The van der Waals surface area contributed by atoms with Gasteiger partial charge in [-0.05, 0) is 36.0 Å². The molecule has 0 aliphatic rings. The number of rotatable bonds is 6. The number of aromatic carboxylic acids is 1. The molecule has 0 amide bonds. The van der Waals surface area contributed by atoms with Crippen LogP contribution in [0.25, 0.3) is 0 Å². The topological polar surface area (TPSA) is 88.5 Å². The quantitative estimate of drug-likeness (QED) is 0.532. The number of hydrogen-bond acceptors (Lipinski definition) is 6. The van der Waals surface area contributed by atoms with E-state index in [9.17, 15) is 14.0 Å². The molecule has 0 saturated carbocycles. The second-order valence-corrected chi connectivity index (χ2v) is 5.38. The molecule has 0 spiro atoms. The van der Waals surface area contributed by atoms with Crippen LogP contribution in [0.15, 0.2) is 41.6 Å². The third-order valence-electron chi connectivity index (χ3n) is 2.80. The van der Waals surface area contributed by atoms with E-state index in [0.29, 0.717) is 23.2 Å². The van der Waals surface area contributed by atoms with E-state index in [1.54, 1.807) is 0 Å². The van der Waals surface area contributed by atoms with Gasteiger partial charge in [0.1, 0.15) is 16.6 Å². The Kier molecular flexibility index (Phi) is 8.88. The number of aromatic nitrogens is 1. The number of halogens is 1. The smallest absolute Gasteiger partial charge is 1.00 e. The van der Waals surface area contributed by atoms with Gasteiger partial charge in [-0.2, -0.15) is 0 Å². The summed E-state index contributed by atoms with van der Waals surface area (Å²) in [6.45, 7) is -0.139. The minimum atomic E-state index is -1.16. The number of nitrogens with zero attached hydrogens (tertiary/aromatic N) is 1. The monoisotopic (exact) mass is 376 g/mol. The fraction of sp³-hybridized carbons (Fsp3) is 0.133. The van der Waals surface area contributed by atoms with Gasteiger partial charge in [0.15, 0.2) is 0 Å². The molecule has 9 heteroatoms. The van der Waals surface area contributed by atoms with Gasteiger partial charge < -0.3 is 16.6 Å². The van der Waals surface area contributed by atoms with Crippen LogP contribution in [0.5, 0.6) is 5.75 Å². The van der Waals surface area contributed by atoms with E-state index in [2.05, 4.69) is 10.3 Å². The number of hydrogen-bond donors (Lipinski definition) is 2. The maximum absolute atomic E-state index is 13.2. The van der Waals surface area contributed by atoms with Gasteiger partial charge in [-0.25, -0.2) is 14.2 Å². The molecule has 0 unspecified atom stereocenters. The molecule has 24 heavy (non-hydrogen) atoms. The Morgan fingerprint density at radius 2 is 2.17 bits per heavy atom. The molecule has 0 saturated heterocycles. The van der Waals surface area contributed by atoms with Crippen LogP contribution in [-0.4, -0.2) is 34.8 Å².